The second-order valence-corrected chi connectivity index (χ2v) is 4.14. The number of carbonyl (C=O) groups is 1. The first-order chi connectivity index (χ1) is 9.01. The second kappa shape index (κ2) is 4.84. The molecule has 1 aromatic rings. The molecule has 19 heavy (non-hydrogen) atoms. The summed E-state index contributed by atoms with van der Waals surface area (Å²) >= 11 is 5.91. The molecule has 0 saturated heterocycles. The third kappa shape index (κ3) is 2.01. The van der Waals surface area contributed by atoms with Gasteiger partial charge < -0.3 is 20.3 Å². The zero-order valence-corrected chi connectivity index (χ0v) is 10.7. The van der Waals surface area contributed by atoms with Gasteiger partial charge in [0.2, 0.25) is 0 Å². The van der Waals surface area contributed by atoms with Gasteiger partial charge in [0.15, 0.2) is 5.76 Å². The number of hydrogen-bond donors (Lipinski definition) is 2. The molecule has 3 N–H and O–H groups in total. The van der Waals surface area contributed by atoms with Crippen LogP contribution in [-0.2, 0) is 14.3 Å². The predicted molar refractivity (Wildman–Crippen MR) is 67.0 cm³/mol. The largest absolute Gasteiger partial charge is 0.493 e. The lowest BCUT2D eigenvalue weighted by molar-refractivity contribution is -0.142. The Labute approximate surface area is 112 Å². The Bertz CT molecular complexity index is 693. The van der Waals surface area contributed by atoms with Gasteiger partial charge in [-0.15, -0.1) is 0 Å². The Balaban J connectivity index is 2.83. The van der Waals surface area contributed by atoms with Crippen LogP contribution in [0.1, 0.15) is 6.92 Å². The molecule has 0 saturated carbocycles. The SMILES string of the molecule is CCOC1=c2c(cc(=C=O)c(Cl)c2N)OC1C(=O)O. The monoisotopic (exact) mass is 283 g/mol. The van der Waals surface area contributed by atoms with Crippen molar-refractivity contribution in [2.45, 2.75) is 13.0 Å². The highest BCUT2D eigenvalue weighted by Gasteiger charge is 2.35. The quantitative estimate of drug-likeness (QED) is 0.720. The molecule has 0 fully saturated rings. The molecule has 0 bridgehead atoms. The molecule has 1 atom stereocenters. The van der Waals surface area contributed by atoms with Gasteiger partial charge in [-0.25, -0.2) is 9.59 Å². The van der Waals surface area contributed by atoms with Gasteiger partial charge in [-0.3, -0.25) is 0 Å². The minimum atomic E-state index is -1.30. The summed E-state index contributed by atoms with van der Waals surface area (Å²) in [5.74, 6) is 0.636. The molecule has 2 rings (SSSR count). The van der Waals surface area contributed by atoms with Gasteiger partial charge in [0.05, 0.1) is 27.8 Å². The fraction of sp³-hybridized carbons (Fsp3) is 0.250. The minimum Gasteiger partial charge on any atom is -0.493 e. The highest BCUT2D eigenvalue weighted by molar-refractivity contribution is 6.33. The Kier molecular flexibility index (Phi) is 3.38. The third-order valence-electron chi connectivity index (χ3n) is 2.63. The molecule has 1 aromatic carbocycles. The van der Waals surface area contributed by atoms with E-state index in [9.17, 15) is 9.59 Å². The molecular formula is C12H10ClNO5. The number of carboxylic acids is 1. The van der Waals surface area contributed by atoms with E-state index in [2.05, 4.69) is 0 Å². The lowest BCUT2D eigenvalue weighted by Gasteiger charge is -2.10. The van der Waals surface area contributed by atoms with Crippen molar-refractivity contribution >= 4 is 35.0 Å². The highest BCUT2D eigenvalue weighted by Crippen LogP contribution is 2.25. The molecule has 0 amide bonds. The smallest absolute Gasteiger partial charge is 0.353 e. The van der Waals surface area contributed by atoms with Gasteiger partial charge >= 0.3 is 5.97 Å². The topological polar surface area (TPSA) is 98.9 Å². The summed E-state index contributed by atoms with van der Waals surface area (Å²) in [7, 11) is 0. The van der Waals surface area contributed by atoms with Crippen LogP contribution in [0.15, 0.2) is 6.07 Å². The number of hydrogen-bond acceptors (Lipinski definition) is 5. The number of halogens is 1. The van der Waals surface area contributed by atoms with Crippen LogP contribution in [0.2, 0.25) is 5.02 Å². The first-order valence-electron chi connectivity index (χ1n) is 5.40. The van der Waals surface area contributed by atoms with Crippen molar-refractivity contribution in [1.29, 1.82) is 0 Å². The lowest BCUT2D eigenvalue weighted by Crippen LogP contribution is -2.27. The first kappa shape index (κ1) is 13.3. The number of fused-ring (bicyclic) bond motifs is 1. The Morgan fingerprint density at radius 2 is 2.37 bits per heavy atom. The second-order valence-electron chi connectivity index (χ2n) is 3.76. The molecule has 7 heteroatoms. The highest BCUT2D eigenvalue weighted by atomic mass is 35.5. The summed E-state index contributed by atoms with van der Waals surface area (Å²) in [5.41, 5.74) is 5.85. The number of aliphatic carboxylic acids is 1. The van der Waals surface area contributed by atoms with E-state index in [0.29, 0.717) is 0 Å². The van der Waals surface area contributed by atoms with Crippen LogP contribution in [0.25, 0.3) is 5.76 Å². The normalized spacial score (nSPS) is 16.5. The third-order valence-corrected chi connectivity index (χ3v) is 3.03. The van der Waals surface area contributed by atoms with Crippen molar-refractivity contribution in [1.82, 2.24) is 0 Å². The van der Waals surface area contributed by atoms with E-state index in [4.69, 9.17) is 31.9 Å². The van der Waals surface area contributed by atoms with E-state index < -0.39 is 12.1 Å². The number of nitrogens with two attached hydrogens (primary N) is 1. The van der Waals surface area contributed by atoms with Crippen LogP contribution in [0.5, 0.6) is 5.75 Å². The standard InChI is InChI=1S/C12H10ClNO5/c1-2-18-10-7-6(19-11(10)12(16)17)3-5(4-15)8(13)9(7)14/h3,11H,2,14H2,1H3,(H,16,17). The van der Waals surface area contributed by atoms with Crippen molar-refractivity contribution in [3.63, 3.8) is 0 Å². The van der Waals surface area contributed by atoms with E-state index in [1.807, 2.05) is 0 Å². The van der Waals surface area contributed by atoms with Crippen molar-refractivity contribution in [3.05, 3.63) is 21.5 Å². The van der Waals surface area contributed by atoms with E-state index in [1.54, 1.807) is 12.9 Å². The number of anilines is 1. The Morgan fingerprint density at radius 3 is 2.89 bits per heavy atom. The zero-order valence-electron chi connectivity index (χ0n) is 9.90. The van der Waals surface area contributed by atoms with Gasteiger partial charge in [-0.05, 0) is 6.92 Å². The summed E-state index contributed by atoms with van der Waals surface area (Å²) < 4.78 is 10.5. The zero-order chi connectivity index (χ0) is 14.2. The van der Waals surface area contributed by atoms with Gasteiger partial charge in [0.1, 0.15) is 11.7 Å². The number of nitrogen functional groups attached to an aromatic ring is 1. The van der Waals surface area contributed by atoms with E-state index in [-0.39, 0.29) is 39.3 Å². The Morgan fingerprint density at radius 1 is 1.68 bits per heavy atom. The molecule has 1 unspecified atom stereocenters. The van der Waals surface area contributed by atoms with Gasteiger partial charge in [0, 0.05) is 6.07 Å². The van der Waals surface area contributed by atoms with Crippen molar-refractivity contribution < 1.29 is 24.2 Å². The van der Waals surface area contributed by atoms with Crippen LogP contribution < -0.4 is 20.9 Å². The molecule has 6 nitrogen and oxygen atoms in total. The molecule has 100 valence electrons. The van der Waals surface area contributed by atoms with E-state index >= 15 is 0 Å². The molecule has 1 heterocycles. The summed E-state index contributed by atoms with van der Waals surface area (Å²) in [4.78, 5) is 21.9. The van der Waals surface area contributed by atoms with Gasteiger partial charge in [-0.2, -0.15) is 0 Å². The summed E-state index contributed by atoms with van der Waals surface area (Å²) in [6, 6.07) is 1.29. The fourth-order valence-corrected chi connectivity index (χ4v) is 2.04. The van der Waals surface area contributed by atoms with Crippen molar-refractivity contribution in [2.75, 3.05) is 12.3 Å². The summed E-state index contributed by atoms with van der Waals surface area (Å²) in [5, 5.41) is 9.38. The lowest BCUT2D eigenvalue weighted by atomic mass is 10.2. The van der Waals surface area contributed by atoms with E-state index in [1.165, 1.54) is 6.07 Å². The minimum absolute atomic E-state index is 0.000548. The van der Waals surface area contributed by atoms with Crippen LogP contribution in [0, 0.1) is 0 Å². The molecular weight excluding hydrogens is 274 g/mol. The van der Waals surface area contributed by atoms with Crippen LogP contribution in [-0.4, -0.2) is 29.7 Å². The average molecular weight is 284 g/mol. The van der Waals surface area contributed by atoms with E-state index in [0.717, 1.165) is 0 Å². The van der Waals surface area contributed by atoms with Crippen LogP contribution >= 0.6 is 11.6 Å². The summed E-state index contributed by atoms with van der Waals surface area (Å²) in [6.07, 6.45) is -1.30. The predicted octanol–water partition coefficient (Wildman–Crippen LogP) is -0.584. The molecule has 0 aromatic heterocycles. The molecule has 1 aliphatic rings. The number of carbonyl (C=O) groups excluding carboxylic acids is 1. The van der Waals surface area contributed by atoms with Crippen LogP contribution in [0.3, 0.4) is 0 Å². The Hall–Kier alpha value is -2.17. The van der Waals surface area contributed by atoms with Crippen molar-refractivity contribution in [3.8, 4) is 5.75 Å². The number of rotatable bonds is 3. The van der Waals surface area contributed by atoms with Gasteiger partial charge in [-0.1, -0.05) is 11.6 Å². The maximum atomic E-state index is 11.1. The first-order valence-corrected chi connectivity index (χ1v) is 5.78. The number of benzene rings is 1. The number of ether oxygens (including phenoxy) is 2. The fourth-order valence-electron chi connectivity index (χ4n) is 1.85. The molecule has 1 aliphatic heterocycles. The maximum Gasteiger partial charge on any atom is 0.353 e. The van der Waals surface area contributed by atoms with Gasteiger partial charge in [0.25, 0.3) is 6.10 Å². The molecule has 0 aliphatic carbocycles. The molecule has 0 radical (unpaired) electrons. The average Bonchev–Trinajstić information content (AvgIpc) is 2.73. The van der Waals surface area contributed by atoms with Crippen LogP contribution in [0.4, 0.5) is 5.69 Å². The molecule has 0 spiro atoms. The number of carboxylic acid groups (broad SMARTS) is 1. The van der Waals surface area contributed by atoms with Crippen molar-refractivity contribution in [2.24, 2.45) is 0 Å². The maximum absolute atomic E-state index is 11.1. The summed E-state index contributed by atoms with van der Waals surface area (Å²) in [6.45, 7) is 1.95.